The van der Waals surface area contributed by atoms with Crippen LogP contribution in [0.1, 0.15) is 30.9 Å². The number of hydrogen-bond donors (Lipinski definition) is 2. The van der Waals surface area contributed by atoms with Crippen LogP contribution in [0.3, 0.4) is 0 Å². The Balaban J connectivity index is 0.00000210. The second kappa shape index (κ2) is 8.76. The van der Waals surface area contributed by atoms with Crippen molar-refractivity contribution in [2.24, 2.45) is 0 Å². The molecular weight excluding hydrogens is 403 g/mol. The maximum Gasteiger partial charge on any atom is 0.0950 e. The van der Waals surface area contributed by atoms with Crippen molar-refractivity contribution in [3.63, 3.8) is 0 Å². The molecule has 6 heteroatoms. The zero-order valence-electron chi connectivity index (χ0n) is 14.7. The highest BCUT2D eigenvalue weighted by molar-refractivity contribution is 6.42. The van der Waals surface area contributed by atoms with Crippen LogP contribution >= 0.6 is 35.6 Å². The van der Waals surface area contributed by atoms with Crippen LogP contribution in [-0.2, 0) is 0 Å². The molecular formula is C21H21Cl3N2O. The predicted molar refractivity (Wildman–Crippen MR) is 115 cm³/mol. The fraction of sp³-hybridized carbons (Fsp3) is 0.286. The minimum absolute atomic E-state index is 0. The molecule has 2 N–H and O–H groups in total. The summed E-state index contributed by atoms with van der Waals surface area (Å²) in [7, 11) is 0. The van der Waals surface area contributed by atoms with Gasteiger partial charge in [-0.05, 0) is 49.2 Å². The van der Waals surface area contributed by atoms with Gasteiger partial charge in [0.15, 0.2) is 0 Å². The van der Waals surface area contributed by atoms with E-state index in [4.69, 9.17) is 28.2 Å². The Hall–Kier alpha value is -1.36. The van der Waals surface area contributed by atoms with Crippen molar-refractivity contribution in [3.05, 3.63) is 64.1 Å². The second-order valence-electron chi connectivity index (χ2n) is 6.74. The quantitative estimate of drug-likeness (QED) is 0.559. The first kappa shape index (κ1) is 20.4. The lowest BCUT2D eigenvalue weighted by atomic mass is 9.92. The first-order chi connectivity index (χ1) is 12.6. The molecule has 1 aliphatic rings. The molecule has 142 valence electrons. The molecule has 1 saturated heterocycles. The van der Waals surface area contributed by atoms with Crippen LogP contribution in [0.5, 0.6) is 0 Å². The van der Waals surface area contributed by atoms with E-state index >= 15 is 0 Å². The van der Waals surface area contributed by atoms with Gasteiger partial charge in [0.25, 0.3) is 0 Å². The van der Waals surface area contributed by atoms with Crippen molar-refractivity contribution < 1.29 is 5.11 Å². The summed E-state index contributed by atoms with van der Waals surface area (Å²) in [4.78, 5) is 4.77. The number of piperidine rings is 1. The summed E-state index contributed by atoms with van der Waals surface area (Å²) in [6, 6.07) is 15.5. The van der Waals surface area contributed by atoms with Crippen molar-refractivity contribution >= 4 is 46.5 Å². The van der Waals surface area contributed by atoms with Gasteiger partial charge in [0.2, 0.25) is 0 Å². The molecule has 0 amide bonds. The molecule has 0 saturated carbocycles. The highest BCUT2D eigenvalue weighted by Crippen LogP contribution is 2.34. The van der Waals surface area contributed by atoms with E-state index in [2.05, 4.69) is 5.32 Å². The van der Waals surface area contributed by atoms with Crippen molar-refractivity contribution in [3.8, 4) is 11.3 Å². The molecule has 4 rings (SSSR count). The Labute approximate surface area is 175 Å². The van der Waals surface area contributed by atoms with Crippen molar-refractivity contribution in [2.45, 2.75) is 31.4 Å². The van der Waals surface area contributed by atoms with E-state index in [1.807, 2.05) is 42.5 Å². The number of aliphatic hydroxyl groups excluding tert-OH is 1. The number of benzene rings is 2. The SMILES string of the molecule is Cl.OC(c1cc(-c2ccc(Cl)c(Cl)c2)nc2ccccc12)C1CCCCN1. The average molecular weight is 424 g/mol. The molecule has 0 spiro atoms. The van der Waals surface area contributed by atoms with Gasteiger partial charge in [-0.1, -0.05) is 53.9 Å². The van der Waals surface area contributed by atoms with E-state index < -0.39 is 6.10 Å². The molecule has 2 unspecified atom stereocenters. The normalized spacial score (nSPS) is 18.1. The number of aliphatic hydroxyl groups is 1. The van der Waals surface area contributed by atoms with Gasteiger partial charge in [0.1, 0.15) is 0 Å². The van der Waals surface area contributed by atoms with E-state index in [1.165, 1.54) is 0 Å². The maximum absolute atomic E-state index is 11.1. The van der Waals surface area contributed by atoms with E-state index in [9.17, 15) is 5.11 Å². The standard InChI is InChI=1S/C21H20Cl2N2O.ClH/c22-16-9-8-13(11-17(16)23)20-12-15(14-5-1-2-6-18(14)25-20)21(26)19-7-3-4-10-24-19;/h1-2,5-6,8-9,11-12,19,21,24,26H,3-4,7,10H2;1H. The monoisotopic (exact) mass is 422 g/mol. The van der Waals surface area contributed by atoms with Crippen LogP contribution in [-0.4, -0.2) is 22.7 Å². The topological polar surface area (TPSA) is 45.2 Å². The van der Waals surface area contributed by atoms with Crippen LogP contribution in [0.4, 0.5) is 0 Å². The van der Waals surface area contributed by atoms with Crippen LogP contribution < -0.4 is 5.32 Å². The summed E-state index contributed by atoms with van der Waals surface area (Å²) < 4.78 is 0. The summed E-state index contributed by atoms with van der Waals surface area (Å²) in [5.74, 6) is 0. The van der Waals surface area contributed by atoms with Crippen molar-refractivity contribution in [1.82, 2.24) is 10.3 Å². The van der Waals surface area contributed by atoms with Crippen LogP contribution in [0, 0.1) is 0 Å². The Bertz CT molecular complexity index is 942. The maximum atomic E-state index is 11.1. The number of fused-ring (bicyclic) bond motifs is 1. The van der Waals surface area contributed by atoms with E-state index in [-0.39, 0.29) is 18.4 Å². The largest absolute Gasteiger partial charge is 0.387 e. The lowest BCUT2D eigenvalue weighted by Crippen LogP contribution is -2.38. The highest BCUT2D eigenvalue weighted by Gasteiger charge is 2.25. The fourth-order valence-corrected chi connectivity index (χ4v) is 3.91. The first-order valence-corrected chi connectivity index (χ1v) is 9.65. The highest BCUT2D eigenvalue weighted by atomic mass is 35.5. The molecule has 1 fully saturated rings. The molecule has 1 aliphatic heterocycles. The summed E-state index contributed by atoms with van der Waals surface area (Å²) in [6.07, 6.45) is 2.69. The Morgan fingerprint density at radius 3 is 2.59 bits per heavy atom. The average Bonchev–Trinajstić information content (AvgIpc) is 2.69. The van der Waals surface area contributed by atoms with E-state index in [0.29, 0.717) is 10.0 Å². The molecule has 27 heavy (non-hydrogen) atoms. The van der Waals surface area contributed by atoms with Gasteiger partial charge in [-0.2, -0.15) is 0 Å². The Morgan fingerprint density at radius 2 is 1.85 bits per heavy atom. The number of hydrogen-bond acceptors (Lipinski definition) is 3. The van der Waals surface area contributed by atoms with Crippen LogP contribution in [0.25, 0.3) is 22.2 Å². The zero-order valence-corrected chi connectivity index (χ0v) is 17.0. The minimum atomic E-state index is -0.579. The number of nitrogens with zero attached hydrogens (tertiary/aromatic N) is 1. The van der Waals surface area contributed by atoms with Gasteiger partial charge < -0.3 is 10.4 Å². The first-order valence-electron chi connectivity index (χ1n) is 8.90. The van der Waals surface area contributed by atoms with Crippen LogP contribution in [0.15, 0.2) is 48.5 Å². The van der Waals surface area contributed by atoms with E-state index in [0.717, 1.165) is 53.5 Å². The third-order valence-electron chi connectivity index (χ3n) is 5.01. The smallest absolute Gasteiger partial charge is 0.0950 e. The number of para-hydroxylation sites is 1. The zero-order chi connectivity index (χ0) is 18.1. The minimum Gasteiger partial charge on any atom is -0.387 e. The molecule has 3 nitrogen and oxygen atoms in total. The second-order valence-corrected chi connectivity index (χ2v) is 7.56. The molecule has 2 aromatic carbocycles. The number of nitrogens with one attached hydrogen (secondary N) is 1. The molecule has 0 radical (unpaired) electrons. The van der Waals surface area contributed by atoms with Crippen molar-refractivity contribution in [1.29, 1.82) is 0 Å². The molecule has 0 bridgehead atoms. The van der Waals surface area contributed by atoms with Crippen LogP contribution in [0.2, 0.25) is 10.0 Å². The summed E-state index contributed by atoms with van der Waals surface area (Å²) in [6.45, 7) is 0.949. The number of rotatable bonds is 3. The molecule has 2 atom stereocenters. The Morgan fingerprint density at radius 1 is 1.04 bits per heavy atom. The van der Waals surface area contributed by atoms with Gasteiger partial charge in [-0.15, -0.1) is 12.4 Å². The number of halogens is 3. The summed E-state index contributed by atoms with van der Waals surface area (Å²) in [5.41, 5.74) is 3.43. The molecule has 1 aromatic heterocycles. The third-order valence-corrected chi connectivity index (χ3v) is 5.75. The lowest BCUT2D eigenvalue weighted by molar-refractivity contribution is 0.115. The lowest BCUT2D eigenvalue weighted by Gasteiger charge is -2.29. The molecule has 2 heterocycles. The van der Waals surface area contributed by atoms with E-state index in [1.54, 1.807) is 6.07 Å². The summed E-state index contributed by atoms with van der Waals surface area (Å²) in [5, 5.41) is 16.5. The van der Waals surface area contributed by atoms with Gasteiger partial charge >= 0.3 is 0 Å². The Kier molecular flexibility index (Phi) is 6.61. The van der Waals surface area contributed by atoms with Gasteiger partial charge in [0.05, 0.1) is 27.4 Å². The molecule has 3 aromatic rings. The third kappa shape index (κ3) is 4.23. The predicted octanol–water partition coefficient (Wildman–Crippen LogP) is 5.81. The summed E-state index contributed by atoms with van der Waals surface area (Å²) >= 11 is 12.2. The number of aromatic nitrogens is 1. The van der Waals surface area contributed by atoms with Gasteiger partial charge in [0, 0.05) is 17.0 Å². The van der Waals surface area contributed by atoms with Gasteiger partial charge in [-0.25, -0.2) is 4.98 Å². The van der Waals surface area contributed by atoms with Crippen molar-refractivity contribution in [2.75, 3.05) is 6.54 Å². The fourth-order valence-electron chi connectivity index (χ4n) is 3.62. The molecule has 0 aliphatic carbocycles. The number of pyridine rings is 1. The van der Waals surface area contributed by atoms with Gasteiger partial charge in [-0.3, -0.25) is 0 Å².